The number of hydrogen-bond donors (Lipinski definition) is 2. The summed E-state index contributed by atoms with van der Waals surface area (Å²) in [5.41, 5.74) is 0.270. The van der Waals surface area contributed by atoms with Crippen LogP contribution in [0.4, 0.5) is 10.5 Å². The largest absolute Gasteiger partial charge is 0.450 e. The molecule has 7 nitrogen and oxygen atoms in total. The van der Waals surface area contributed by atoms with Gasteiger partial charge >= 0.3 is 17.9 Å². The van der Waals surface area contributed by atoms with Crippen molar-refractivity contribution in [2.24, 2.45) is 0 Å². The first kappa shape index (κ1) is 19.3. The van der Waals surface area contributed by atoms with Gasteiger partial charge in [0.15, 0.2) is 0 Å². The van der Waals surface area contributed by atoms with Crippen molar-refractivity contribution in [3.05, 3.63) is 28.2 Å². The SMILES string of the molecule is CCOC(=O)N1CCC(NC(=O)C(=O)Nc2cccc(Cl)c2Cl)CC1. The number of nitrogens with one attached hydrogen (secondary N) is 2. The molecule has 0 bridgehead atoms. The number of benzene rings is 1. The van der Waals surface area contributed by atoms with Crippen LogP contribution in [0.2, 0.25) is 10.0 Å². The highest BCUT2D eigenvalue weighted by molar-refractivity contribution is 6.45. The zero-order chi connectivity index (χ0) is 18.4. The zero-order valence-corrected chi connectivity index (χ0v) is 15.2. The average Bonchev–Trinajstić information content (AvgIpc) is 2.59. The van der Waals surface area contributed by atoms with E-state index in [0.717, 1.165) is 0 Å². The maximum Gasteiger partial charge on any atom is 0.409 e. The molecule has 0 spiro atoms. The maximum absolute atomic E-state index is 12.0. The van der Waals surface area contributed by atoms with Gasteiger partial charge in [0.25, 0.3) is 0 Å². The van der Waals surface area contributed by atoms with Crippen LogP contribution >= 0.6 is 23.2 Å². The van der Waals surface area contributed by atoms with E-state index in [9.17, 15) is 14.4 Å². The van der Waals surface area contributed by atoms with Crippen molar-refractivity contribution < 1.29 is 19.1 Å². The molecule has 0 aromatic heterocycles. The van der Waals surface area contributed by atoms with E-state index >= 15 is 0 Å². The van der Waals surface area contributed by atoms with Gasteiger partial charge in [0.05, 0.1) is 22.3 Å². The van der Waals surface area contributed by atoms with E-state index in [0.29, 0.717) is 32.5 Å². The van der Waals surface area contributed by atoms with Gasteiger partial charge in [0, 0.05) is 19.1 Å². The van der Waals surface area contributed by atoms with Crippen molar-refractivity contribution in [3.63, 3.8) is 0 Å². The number of nitrogens with zero attached hydrogens (tertiary/aromatic N) is 1. The van der Waals surface area contributed by atoms with E-state index in [1.54, 1.807) is 30.0 Å². The second-order valence-corrected chi connectivity index (χ2v) is 6.27. The minimum absolute atomic E-state index is 0.174. The predicted octanol–water partition coefficient (Wildman–Crippen LogP) is 2.67. The molecule has 1 aliphatic rings. The standard InChI is InChI=1S/C16H19Cl2N3O4/c1-2-25-16(24)21-8-6-10(7-9-21)19-14(22)15(23)20-12-5-3-4-11(17)13(12)18/h3-5,10H,2,6-9H2,1H3,(H,19,22)(H,20,23). The molecule has 0 atom stereocenters. The van der Waals surface area contributed by atoms with Crippen LogP contribution in [0.15, 0.2) is 18.2 Å². The minimum Gasteiger partial charge on any atom is -0.450 e. The van der Waals surface area contributed by atoms with Crippen LogP contribution in [0, 0.1) is 0 Å². The second-order valence-electron chi connectivity index (χ2n) is 5.49. The monoisotopic (exact) mass is 387 g/mol. The van der Waals surface area contributed by atoms with Crippen molar-refractivity contribution in [2.45, 2.75) is 25.8 Å². The van der Waals surface area contributed by atoms with Gasteiger partial charge in [0.2, 0.25) is 0 Å². The Morgan fingerprint density at radius 3 is 2.52 bits per heavy atom. The van der Waals surface area contributed by atoms with Crippen LogP contribution in [0.1, 0.15) is 19.8 Å². The Morgan fingerprint density at radius 2 is 1.88 bits per heavy atom. The average molecular weight is 388 g/mol. The summed E-state index contributed by atoms with van der Waals surface area (Å²) in [4.78, 5) is 37.2. The Morgan fingerprint density at radius 1 is 1.20 bits per heavy atom. The lowest BCUT2D eigenvalue weighted by atomic mass is 10.1. The molecule has 3 amide bonds. The Bertz CT molecular complexity index is 661. The van der Waals surface area contributed by atoms with Crippen molar-refractivity contribution in [3.8, 4) is 0 Å². The number of carbonyl (C=O) groups excluding carboxylic acids is 3. The van der Waals surface area contributed by atoms with Crippen molar-refractivity contribution >= 4 is 46.8 Å². The van der Waals surface area contributed by atoms with Crippen LogP contribution < -0.4 is 10.6 Å². The number of amides is 3. The molecule has 1 aromatic rings. The van der Waals surface area contributed by atoms with Gasteiger partial charge in [0.1, 0.15) is 0 Å². The fourth-order valence-electron chi connectivity index (χ4n) is 2.45. The van der Waals surface area contributed by atoms with Crippen LogP contribution in [0.5, 0.6) is 0 Å². The van der Waals surface area contributed by atoms with Crippen LogP contribution in [0.3, 0.4) is 0 Å². The highest BCUT2D eigenvalue weighted by atomic mass is 35.5. The lowest BCUT2D eigenvalue weighted by Gasteiger charge is -2.31. The number of likely N-dealkylation sites (tertiary alicyclic amines) is 1. The quantitative estimate of drug-likeness (QED) is 0.780. The smallest absolute Gasteiger partial charge is 0.409 e. The summed E-state index contributed by atoms with van der Waals surface area (Å²) in [5.74, 6) is -1.58. The van der Waals surface area contributed by atoms with E-state index in [4.69, 9.17) is 27.9 Å². The van der Waals surface area contributed by atoms with E-state index < -0.39 is 11.8 Å². The Hall–Kier alpha value is -1.99. The molecule has 2 N–H and O–H groups in total. The molecule has 1 heterocycles. The van der Waals surface area contributed by atoms with Gasteiger partial charge in [-0.2, -0.15) is 0 Å². The molecule has 9 heteroatoms. The Balaban J connectivity index is 1.83. The van der Waals surface area contributed by atoms with Crippen molar-refractivity contribution in [1.82, 2.24) is 10.2 Å². The Kier molecular flexibility index (Phi) is 6.90. The van der Waals surface area contributed by atoms with E-state index in [-0.39, 0.29) is 27.9 Å². The third-order valence-corrected chi connectivity index (χ3v) is 4.58. The molecule has 1 saturated heterocycles. The third kappa shape index (κ3) is 5.24. The topological polar surface area (TPSA) is 87.7 Å². The van der Waals surface area contributed by atoms with Gasteiger partial charge in [-0.3, -0.25) is 9.59 Å². The normalized spacial score (nSPS) is 14.8. The number of piperidine rings is 1. The summed E-state index contributed by atoms with van der Waals surface area (Å²) in [6, 6.07) is 4.57. The van der Waals surface area contributed by atoms with Crippen molar-refractivity contribution in [1.29, 1.82) is 0 Å². The summed E-state index contributed by atoms with van der Waals surface area (Å²) in [5, 5.41) is 5.55. The summed E-state index contributed by atoms with van der Waals surface area (Å²) < 4.78 is 4.94. The van der Waals surface area contributed by atoms with Crippen molar-refractivity contribution in [2.75, 3.05) is 25.0 Å². The van der Waals surface area contributed by atoms with Gasteiger partial charge in [-0.25, -0.2) is 4.79 Å². The fourth-order valence-corrected chi connectivity index (χ4v) is 2.80. The fraction of sp³-hybridized carbons (Fsp3) is 0.438. The lowest BCUT2D eigenvalue weighted by molar-refractivity contribution is -0.136. The van der Waals surface area contributed by atoms with E-state index in [1.165, 1.54) is 0 Å². The van der Waals surface area contributed by atoms with Gasteiger partial charge < -0.3 is 20.3 Å². The molecule has 0 radical (unpaired) electrons. The molecule has 0 unspecified atom stereocenters. The molecule has 1 aromatic carbocycles. The Labute approximate surface area is 155 Å². The van der Waals surface area contributed by atoms with E-state index in [1.807, 2.05) is 0 Å². The first-order chi connectivity index (χ1) is 11.9. The molecule has 0 aliphatic carbocycles. The maximum atomic E-state index is 12.0. The molecular formula is C16H19Cl2N3O4. The predicted molar refractivity (Wildman–Crippen MR) is 94.9 cm³/mol. The highest BCUT2D eigenvalue weighted by Gasteiger charge is 2.26. The van der Waals surface area contributed by atoms with Gasteiger partial charge in [-0.1, -0.05) is 29.3 Å². The minimum atomic E-state index is -0.822. The number of hydrogen-bond acceptors (Lipinski definition) is 4. The summed E-state index contributed by atoms with van der Waals surface area (Å²) in [6.07, 6.45) is 0.742. The number of halogens is 2. The molecule has 25 heavy (non-hydrogen) atoms. The zero-order valence-electron chi connectivity index (χ0n) is 13.7. The van der Waals surface area contributed by atoms with Crippen LogP contribution in [-0.2, 0) is 14.3 Å². The molecule has 2 rings (SSSR count). The van der Waals surface area contributed by atoms with E-state index in [2.05, 4.69) is 10.6 Å². The third-order valence-electron chi connectivity index (χ3n) is 3.76. The molecule has 136 valence electrons. The molecule has 0 saturated carbocycles. The first-order valence-corrected chi connectivity index (χ1v) is 8.65. The lowest BCUT2D eigenvalue weighted by Crippen LogP contribution is -2.49. The number of ether oxygens (including phenoxy) is 1. The number of rotatable bonds is 3. The van der Waals surface area contributed by atoms with Crippen LogP contribution in [0.25, 0.3) is 0 Å². The first-order valence-electron chi connectivity index (χ1n) is 7.90. The van der Waals surface area contributed by atoms with Gasteiger partial charge in [-0.05, 0) is 31.9 Å². The summed E-state index contributed by atoms with van der Waals surface area (Å²) >= 11 is 11.8. The molecule has 1 aliphatic heterocycles. The van der Waals surface area contributed by atoms with Gasteiger partial charge in [-0.15, -0.1) is 0 Å². The second kappa shape index (κ2) is 8.92. The summed E-state index contributed by atoms with van der Waals surface area (Å²) in [6.45, 7) is 2.99. The van der Waals surface area contributed by atoms with Crippen LogP contribution in [-0.4, -0.2) is 48.5 Å². The number of anilines is 1. The highest BCUT2D eigenvalue weighted by Crippen LogP contribution is 2.29. The summed E-state index contributed by atoms with van der Waals surface area (Å²) in [7, 11) is 0. The number of carbonyl (C=O) groups is 3. The molecule has 1 fully saturated rings. The molecular weight excluding hydrogens is 369 g/mol.